The predicted molar refractivity (Wildman–Crippen MR) is 175 cm³/mol. The predicted octanol–water partition coefficient (Wildman–Crippen LogP) is 2.93. The minimum Gasteiger partial charge on any atom is -0.376 e. The molecule has 1 aliphatic heterocycles. The van der Waals surface area contributed by atoms with Crippen molar-refractivity contribution in [2.24, 2.45) is 5.92 Å². The third kappa shape index (κ3) is 9.73. The fourth-order valence-electron chi connectivity index (χ4n) is 6.33. The molecule has 1 aliphatic carbocycles. The summed E-state index contributed by atoms with van der Waals surface area (Å²) in [5.41, 5.74) is 0.926. The van der Waals surface area contributed by atoms with Gasteiger partial charge in [0, 0.05) is 45.0 Å². The zero-order valence-corrected chi connectivity index (χ0v) is 27.6. The number of urea groups is 1. The van der Waals surface area contributed by atoms with Crippen LogP contribution in [0.2, 0.25) is 0 Å². The first kappa shape index (κ1) is 35.3. The number of nitrogens with zero attached hydrogens (tertiary/aromatic N) is 4. The zero-order valence-electron chi connectivity index (χ0n) is 27.6. The second-order valence-electron chi connectivity index (χ2n) is 12.9. The number of piperazine rings is 1. The number of rotatable bonds is 12. The molecule has 254 valence electrons. The number of likely N-dealkylation sites (N-methyl/N-ethyl adjacent to an activating group) is 1. The third-order valence-corrected chi connectivity index (χ3v) is 8.94. The summed E-state index contributed by atoms with van der Waals surface area (Å²) in [4.78, 5) is 43.6. The lowest BCUT2D eigenvalue weighted by atomic mass is 9.91. The number of carbonyl (C=O) groups is 3. The normalized spacial score (nSPS) is 18.8. The molecule has 5 N–H and O–H groups in total. The van der Waals surface area contributed by atoms with Gasteiger partial charge in [-0.1, -0.05) is 31.7 Å². The van der Waals surface area contributed by atoms with Crippen LogP contribution in [0.3, 0.4) is 0 Å². The van der Waals surface area contributed by atoms with Crippen molar-refractivity contribution in [3.63, 3.8) is 0 Å². The van der Waals surface area contributed by atoms with E-state index < -0.39 is 42.0 Å². The van der Waals surface area contributed by atoms with Crippen molar-refractivity contribution in [2.45, 2.75) is 96.6 Å². The Morgan fingerprint density at radius 1 is 1.00 bits per heavy atom. The smallest absolute Gasteiger partial charge is 0.315 e. The van der Waals surface area contributed by atoms with Crippen molar-refractivity contribution < 1.29 is 23.9 Å². The molecule has 1 aromatic carbocycles. The molecule has 12 nitrogen and oxygen atoms in total. The summed E-state index contributed by atoms with van der Waals surface area (Å²) in [6, 6.07) is 4.07. The molecule has 2 heterocycles. The van der Waals surface area contributed by atoms with Crippen molar-refractivity contribution in [3.8, 4) is 0 Å². The maximum absolute atomic E-state index is 15.6. The fraction of sp³-hybridized carbons (Fsp3) is 0.636. The molecule has 1 saturated carbocycles. The van der Waals surface area contributed by atoms with Gasteiger partial charge in [0.25, 0.3) is 5.91 Å². The molecule has 4 rings (SSSR count). The molecular weight excluding hydrogens is 591 g/mol. The fourth-order valence-corrected chi connectivity index (χ4v) is 6.33. The van der Waals surface area contributed by atoms with Gasteiger partial charge >= 0.3 is 6.03 Å². The summed E-state index contributed by atoms with van der Waals surface area (Å²) in [6.45, 7) is 8.95. The van der Waals surface area contributed by atoms with Crippen molar-refractivity contribution in [2.75, 3.05) is 38.5 Å². The van der Waals surface area contributed by atoms with E-state index in [9.17, 15) is 19.5 Å². The van der Waals surface area contributed by atoms with E-state index in [2.05, 4.69) is 31.3 Å². The van der Waals surface area contributed by atoms with Gasteiger partial charge in [0.15, 0.2) is 0 Å². The van der Waals surface area contributed by atoms with E-state index in [-0.39, 0.29) is 24.1 Å². The Bertz CT molecular complexity index is 1300. The van der Waals surface area contributed by atoms with Crippen LogP contribution in [0, 0.1) is 11.7 Å². The standard InChI is InChI=1S/C33H51FN8O4/c1-5-42-28(14-15-35-42)30(43)39-29(24-10-8-6-7-9-11-24)31(44)37-26-13-12-23(20-25(26)34)21-27(38-33(46)36-22(2)3)32(45)41-18-16-40(4)17-19-41/h12-15,20,22,24,27,29,32,45H,5-11,16-19,21H2,1-4H3,(H,37,44)(H,39,43)(H2,36,38,46)/t27-,29+,32?/m1/s1. The summed E-state index contributed by atoms with van der Waals surface area (Å²) >= 11 is 0. The summed E-state index contributed by atoms with van der Waals surface area (Å²) < 4.78 is 17.1. The van der Waals surface area contributed by atoms with Gasteiger partial charge in [-0.2, -0.15) is 5.10 Å². The van der Waals surface area contributed by atoms with Crippen molar-refractivity contribution in [1.29, 1.82) is 0 Å². The highest BCUT2D eigenvalue weighted by Crippen LogP contribution is 2.27. The SMILES string of the molecule is CCn1nccc1C(=O)N[C@H](C(=O)Nc1ccc(C[C@@H](NC(=O)NC(C)C)C(O)N2CCN(C)CC2)cc1F)C1CCCCCC1. The van der Waals surface area contributed by atoms with E-state index in [0.717, 1.165) is 51.6 Å². The molecule has 1 unspecified atom stereocenters. The molecule has 2 fully saturated rings. The molecule has 0 spiro atoms. The number of carbonyl (C=O) groups excluding carboxylic acids is 3. The minimum absolute atomic E-state index is 0.00176. The summed E-state index contributed by atoms with van der Waals surface area (Å²) in [6.07, 6.45) is 6.43. The quantitative estimate of drug-likeness (QED) is 0.224. The molecule has 46 heavy (non-hydrogen) atoms. The number of halogens is 1. The summed E-state index contributed by atoms with van der Waals surface area (Å²) in [5.74, 6) is -1.57. The van der Waals surface area contributed by atoms with Crippen LogP contribution >= 0.6 is 0 Å². The van der Waals surface area contributed by atoms with E-state index in [4.69, 9.17) is 0 Å². The van der Waals surface area contributed by atoms with Crippen LogP contribution in [-0.2, 0) is 17.8 Å². The largest absolute Gasteiger partial charge is 0.376 e. The Kier molecular flexibility index (Phi) is 12.9. The second-order valence-corrected chi connectivity index (χ2v) is 12.9. The van der Waals surface area contributed by atoms with Gasteiger partial charge < -0.3 is 31.3 Å². The second kappa shape index (κ2) is 16.8. The first-order valence-corrected chi connectivity index (χ1v) is 16.6. The number of hydrogen-bond donors (Lipinski definition) is 5. The number of aryl methyl sites for hydroxylation is 1. The highest BCUT2D eigenvalue weighted by molar-refractivity contribution is 6.00. The first-order chi connectivity index (χ1) is 22.0. The monoisotopic (exact) mass is 642 g/mol. The van der Waals surface area contributed by atoms with Crippen LogP contribution in [0.25, 0.3) is 0 Å². The number of aromatic nitrogens is 2. The molecule has 1 aromatic heterocycles. The zero-order chi connectivity index (χ0) is 33.2. The Morgan fingerprint density at radius 2 is 1.70 bits per heavy atom. The van der Waals surface area contributed by atoms with E-state index in [0.29, 0.717) is 30.9 Å². The van der Waals surface area contributed by atoms with Gasteiger partial charge in [0.05, 0.1) is 11.7 Å². The van der Waals surface area contributed by atoms with E-state index in [1.165, 1.54) is 12.1 Å². The molecule has 0 bridgehead atoms. The molecule has 0 radical (unpaired) electrons. The Hall–Kier alpha value is -3.55. The molecule has 13 heteroatoms. The lowest BCUT2D eigenvalue weighted by Crippen LogP contribution is -2.59. The lowest BCUT2D eigenvalue weighted by molar-refractivity contribution is -0.119. The van der Waals surface area contributed by atoms with Crippen LogP contribution in [0.1, 0.15) is 75.3 Å². The Balaban J connectivity index is 1.49. The highest BCUT2D eigenvalue weighted by Gasteiger charge is 2.33. The molecule has 2 aliphatic rings. The average molecular weight is 643 g/mol. The van der Waals surface area contributed by atoms with Gasteiger partial charge in [-0.25, -0.2) is 9.18 Å². The van der Waals surface area contributed by atoms with E-state index in [1.807, 2.05) is 32.7 Å². The highest BCUT2D eigenvalue weighted by atomic mass is 19.1. The molecule has 3 atom stereocenters. The summed E-state index contributed by atoms with van der Waals surface area (Å²) in [7, 11) is 2.02. The number of nitrogens with one attached hydrogen (secondary N) is 4. The van der Waals surface area contributed by atoms with Gasteiger partial charge in [-0.3, -0.25) is 19.2 Å². The number of aliphatic hydroxyl groups excluding tert-OH is 1. The number of hydrogen-bond acceptors (Lipinski definition) is 7. The van der Waals surface area contributed by atoms with Crippen LogP contribution in [0.5, 0.6) is 0 Å². The van der Waals surface area contributed by atoms with Crippen molar-refractivity contribution in [1.82, 2.24) is 35.5 Å². The van der Waals surface area contributed by atoms with Gasteiger partial charge in [0.1, 0.15) is 23.8 Å². The lowest BCUT2D eigenvalue weighted by Gasteiger charge is -2.39. The number of amides is 4. The van der Waals surface area contributed by atoms with Gasteiger partial charge in [-0.15, -0.1) is 0 Å². The van der Waals surface area contributed by atoms with E-state index >= 15 is 4.39 Å². The first-order valence-electron chi connectivity index (χ1n) is 16.6. The van der Waals surface area contributed by atoms with Crippen LogP contribution in [-0.4, -0.2) is 100 Å². The minimum atomic E-state index is -0.970. The van der Waals surface area contributed by atoms with Crippen LogP contribution in [0.15, 0.2) is 30.5 Å². The molecular formula is C33H51FN8O4. The van der Waals surface area contributed by atoms with Crippen molar-refractivity contribution >= 4 is 23.5 Å². The number of benzene rings is 1. The molecule has 4 amide bonds. The molecule has 2 aromatic rings. The average Bonchev–Trinajstić information content (AvgIpc) is 3.35. The number of aliphatic hydroxyl groups is 1. The number of anilines is 1. The topological polar surface area (TPSA) is 144 Å². The maximum atomic E-state index is 15.6. The third-order valence-electron chi connectivity index (χ3n) is 8.94. The Labute approximate surface area is 271 Å². The van der Waals surface area contributed by atoms with Gasteiger partial charge in [0.2, 0.25) is 5.91 Å². The van der Waals surface area contributed by atoms with Gasteiger partial charge in [-0.05, 0) is 76.8 Å². The summed E-state index contributed by atoms with van der Waals surface area (Å²) in [5, 5.41) is 26.8. The van der Waals surface area contributed by atoms with Crippen LogP contribution in [0.4, 0.5) is 14.9 Å². The van der Waals surface area contributed by atoms with Crippen molar-refractivity contribution in [3.05, 3.63) is 47.5 Å². The maximum Gasteiger partial charge on any atom is 0.315 e. The van der Waals surface area contributed by atoms with E-state index in [1.54, 1.807) is 23.0 Å². The molecule has 1 saturated heterocycles. The van der Waals surface area contributed by atoms with Crippen LogP contribution < -0.4 is 21.3 Å². The Morgan fingerprint density at radius 3 is 2.33 bits per heavy atom.